The van der Waals surface area contributed by atoms with Gasteiger partial charge in [0.05, 0.1) is 12.5 Å². The molecule has 1 amide bonds. The number of hydrogen-bond donors (Lipinski definition) is 0. The third-order valence-electron chi connectivity index (χ3n) is 5.80. The van der Waals surface area contributed by atoms with Crippen LogP contribution >= 0.6 is 11.5 Å². The monoisotopic (exact) mass is 428 g/mol. The van der Waals surface area contributed by atoms with Gasteiger partial charge in [-0.15, -0.1) is 0 Å². The highest BCUT2D eigenvalue weighted by Gasteiger charge is 2.38. The summed E-state index contributed by atoms with van der Waals surface area (Å²) in [4.78, 5) is 34.1. The molecule has 8 heteroatoms. The van der Waals surface area contributed by atoms with Crippen LogP contribution in [0.5, 0.6) is 0 Å². The Morgan fingerprint density at radius 1 is 1.17 bits per heavy atom. The van der Waals surface area contributed by atoms with Crippen LogP contribution in [0.4, 0.5) is 5.13 Å². The summed E-state index contributed by atoms with van der Waals surface area (Å²) in [6.45, 7) is 4.16. The Balaban J connectivity index is 1.42. The highest BCUT2D eigenvalue weighted by Crippen LogP contribution is 2.30. The Morgan fingerprint density at radius 2 is 1.97 bits per heavy atom. The van der Waals surface area contributed by atoms with Crippen LogP contribution in [-0.2, 0) is 20.7 Å². The van der Waals surface area contributed by atoms with Crippen LogP contribution in [0.3, 0.4) is 0 Å². The molecule has 30 heavy (non-hydrogen) atoms. The number of likely N-dealkylation sites (tertiary alicyclic amines) is 1. The van der Waals surface area contributed by atoms with Crippen molar-refractivity contribution in [3.8, 4) is 0 Å². The number of ether oxygens (including phenoxy) is 1. The van der Waals surface area contributed by atoms with Gasteiger partial charge in [0.1, 0.15) is 11.9 Å². The van der Waals surface area contributed by atoms with E-state index in [1.165, 1.54) is 17.1 Å². The zero-order valence-corrected chi connectivity index (χ0v) is 18.1. The summed E-state index contributed by atoms with van der Waals surface area (Å²) in [5, 5.41) is 0.815. The maximum atomic E-state index is 13.3. The zero-order valence-electron chi connectivity index (χ0n) is 17.3. The van der Waals surface area contributed by atoms with E-state index in [1.807, 2.05) is 30.0 Å². The Bertz CT molecular complexity index is 872. The molecule has 0 saturated carbocycles. The second-order valence-corrected chi connectivity index (χ2v) is 8.61. The maximum absolute atomic E-state index is 13.3. The van der Waals surface area contributed by atoms with Crippen LogP contribution in [0.1, 0.15) is 44.0 Å². The molecule has 2 unspecified atom stereocenters. The number of piperidine rings is 1. The number of hydrogen-bond acceptors (Lipinski definition) is 7. The number of rotatable bonds is 6. The number of carbonyl (C=O) groups excluding carboxylic acids is 2. The first kappa shape index (κ1) is 20.8. The molecule has 2 aromatic rings. The number of anilines is 1. The number of aromatic nitrogens is 2. The molecule has 0 bridgehead atoms. The molecule has 2 fully saturated rings. The number of nitrogens with zero attached hydrogens (tertiary/aromatic N) is 4. The van der Waals surface area contributed by atoms with Crippen LogP contribution in [0.15, 0.2) is 30.3 Å². The summed E-state index contributed by atoms with van der Waals surface area (Å²) in [5.41, 5.74) is 1.18. The lowest BCUT2D eigenvalue weighted by atomic mass is 9.97. The Morgan fingerprint density at radius 3 is 2.77 bits per heavy atom. The van der Waals surface area contributed by atoms with Crippen molar-refractivity contribution >= 4 is 28.5 Å². The number of esters is 1. The Labute approximate surface area is 181 Å². The lowest BCUT2D eigenvalue weighted by molar-refractivity contribution is -0.151. The first-order valence-electron chi connectivity index (χ1n) is 10.7. The summed E-state index contributed by atoms with van der Waals surface area (Å²) < 4.78 is 9.69. The molecule has 3 heterocycles. The number of carbonyl (C=O) groups is 2. The maximum Gasteiger partial charge on any atom is 0.310 e. The topological polar surface area (TPSA) is 75.6 Å². The minimum absolute atomic E-state index is 0.0984. The molecule has 0 aliphatic carbocycles. The van der Waals surface area contributed by atoms with Gasteiger partial charge in [0, 0.05) is 37.6 Å². The van der Waals surface area contributed by atoms with Crippen molar-refractivity contribution in [2.24, 2.45) is 5.92 Å². The molecule has 4 rings (SSSR count). The van der Waals surface area contributed by atoms with E-state index >= 15 is 0 Å². The molecule has 2 aliphatic rings. The lowest BCUT2D eigenvalue weighted by Crippen LogP contribution is -2.50. The van der Waals surface area contributed by atoms with Gasteiger partial charge in [-0.25, -0.2) is 4.98 Å². The van der Waals surface area contributed by atoms with Gasteiger partial charge in [0.2, 0.25) is 11.0 Å². The van der Waals surface area contributed by atoms with Crippen LogP contribution in [0.25, 0.3) is 0 Å². The minimum atomic E-state index is -0.219. The van der Waals surface area contributed by atoms with Gasteiger partial charge in [-0.05, 0) is 38.2 Å². The Kier molecular flexibility index (Phi) is 6.62. The van der Waals surface area contributed by atoms with E-state index in [-0.39, 0.29) is 23.8 Å². The van der Waals surface area contributed by atoms with Gasteiger partial charge >= 0.3 is 5.97 Å². The van der Waals surface area contributed by atoms with E-state index in [0.717, 1.165) is 43.2 Å². The predicted octanol–water partition coefficient (Wildman–Crippen LogP) is 2.90. The molecule has 0 radical (unpaired) electrons. The average Bonchev–Trinajstić information content (AvgIpc) is 3.44. The second-order valence-electron chi connectivity index (χ2n) is 7.88. The largest absolute Gasteiger partial charge is 0.466 e. The first-order valence-corrected chi connectivity index (χ1v) is 11.5. The molecule has 1 aromatic carbocycles. The van der Waals surface area contributed by atoms with Gasteiger partial charge in [-0.3, -0.25) is 9.59 Å². The van der Waals surface area contributed by atoms with Gasteiger partial charge in [-0.2, -0.15) is 4.37 Å². The standard InChI is InChI=1S/C22H28N4O3S/c1-2-29-21(28)17-10-6-12-25(15-17)20(27)18-11-7-13-26(18)22-23-19(24-30-22)14-16-8-4-3-5-9-16/h3-5,8-9,17-18H,2,6-7,10-15H2,1H3. The quantitative estimate of drug-likeness (QED) is 0.659. The van der Waals surface area contributed by atoms with Gasteiger partial charge < -0.3 is 14.5 Å². The summed E-state index contributed by atoms with van der Waals surface area (Å²) in [5.74, 6) is 0.491. The normalized spacial score (nSPS) is 21.6. The smallest absolute Gasteiger partial charge is 0.310 e. The first-order chi connectivity index (χ1) is 14.7. The van der Waals surface area contributed by atoms with Crippen molar-refractivity contribution in [1.82, 2.24) is 14.3 Å². The molecule has 2 atom stereocenters. The van der Waals surface area contributed by atoms with Crippen LogP contribution < -0.4 is 4.90 Å². The Hall–Kier alpha value is -2.48. The summed E-state index contributed by atoms with van der Waals surface area (Å²) in [7, 11) is 0. The number of amides is 1. The van der Waals surface area contributed by atoms with Crippen LogP contribution in [0, 0.1) is 5.92 Å². The fraction of sp³-hybridized carbons (Fsp3) is 0.545. The summed E-state index contributed by atoms with van der Waals surface area (Å²) in [6.07, 6.45) is 4.08. The molecule has 0 spiro atoms. The van der Waals surface area contributed by atoms with Crippen molar-refractivity contribution in [1.29, 1.82) is 0 Å². The average molecular weight is 429 g/mol. The molecular weight excluding hydrogens is 400 g/mol. The van der Waals surface area contributed by atoms with E-state index in [9.17, 15) is 9.59 Å². The molecule has 160 valence electrons. The fourth-order valence-corrected chi connectivity index (χ4v) is 5.07. The van der Waals surface area contributed by atoms with Gasteiger partial charge in [0.15, 0.2) is 0 Å². The SMILES string of the molecule is CCOC(=O)C1CCCN(C(=O)C2CCCN2c2nc(Cc3ccccc3)ns2)C1. The van der Waals surface area contributed by atoms with Gasteiger partial charge in [0.25, 0.3) is 0 Å². The molecular formula is C22H28N4O3S. The second kappa shape index (κ2) is 9.55. The predicted molar refractivity (Wildman–Crippen MR) is 115 cm³/mol. The summed E-state index contributed by atoms with van der Waals surface area (Å²) >= 11 is 1.37. The van der Waals surface area contributed by atoms with E-state index in [2.05, 4.69) is 21.4 Å². The zero-order chi connectivity index (χ0) is 20.9. The van der Waals surface area contributed by atoms with Gasteiger partial charge in [-0.1, -0.05) is 30.3 Å². The summed E-state index contributed by atoms with van der Waals surface area (Å²) in [6, 6.07) is 9.94. The molecule has 0 N–H and O–H groups in total. The molecule has 2 saturated heterocycles. The van der Waals surface area contributed by atoms with Crippen molar-refractivity contribution in [2.45, 2.75) is 45.1 Å². The third-order valence-corrected chi connectivity index (χ3v) is 6.59. The molecule has 1 aromatic heterocycles. The van der Waals surface area contributed by atoms with Crippen molar-refractivity contribution in [2.75, 3.05) is 31.1 Å². The van der Waals surface area contributed by atoms with Crippen molar-refractivity contribution < 1.29 is 14.3 Å². The fourth-order valence-electron chi connectivity index (χ4n) is 4.30. The lowest BCUT2D eigenvalue weighted by Gasteiger charge is -2.35. The van der Waals surface area contributed by atoms with E-state index in [4.69, 9.17) is 9.72 Å². The number of benzene rings is 1. The highest BCUT2D eigenvalue weighted by molar-refractivity contribution is 7.09. The third kappa shape index (κ3) is 4.64. The minimum Gasteiger partial charge on any atom is -0.466 e. The van der Waals surface area contributed by atoms with E-state index < -0.39 is 0 Å². The van der Waals surface area contributed by atoms with Crippen molar-refractivity contribution in [3.63, 3.8) is 0 Å². The molecule has 2 aliphatic heterocycles. The van der Waals surface area contributed by atoms with E-state index in [0.29, 0.717) is 26.1 Å². The molecule has 7 nitrogen and oxygen atoms in total. The van der Waals surface area contributed by atoms with Crippen LogP contribution in [0.2, 0.25) is 0 Å². The van der Waals surface area contributed by atoms with Crippen LogP contribution in [-0.4, -0.2) is 58.4 Å². The van der Waals surface area contributed by atoms with E-state index in [1.54, 1.807) is 0 Å². The van der Waals surface area contributed by atoms with Crippen molar-refractivity contribution in [3.05, 3.63) is 41.7 Å². The highest BCUT2D eigenvalue weighted by atomic mass is 32.1.